The molecule has 0 bridgehead atoms. The fraction of sp³-hybridized carbons (Fsp3) is 0.727. The molecule has 0 radical (unpaired) electrons. The van der Waals surface area contributed by atoms with Gasteiger partial charge >= 0.3 is 0 Å². The van der Waals surface area contributed by atoms with E-state index in [4.69, 9.17) is 5.11 Å². The van der Waals surface area contributed by atoms with Crippen LogP contribution in [0.4, 0.5) is 0 Å². The van der Waals surface area contributed by atoms with Gasteiger partial charge < -0.3 is 15.0 Å². The van der Waals surface area contributed by atoms with Gasteiger partial charge in [0.1, 0.15) is 0 Å². The predicted molar refractivity (Wildman–Crippen MR) is 58.5 cm³/mol. The maximum absolute atomic E-state index is 9.06. The Hall–Kier alpha value is -0.870. The van der Waals surface area contributed by atoms with E-state index in [1.165, 1.54) is 18.5 Å². The van der Waals surface area contributed by atoms with Crippen LogP contribution >= 0.6 is 0 Å². The van der Waals surface area contributed by atoms with Crippen LogP contribution in [0.5, 0.6) is 0 Å². The molecule has 0 amide bonds. The maximum Gasteiger partial charge on any atom is 0.0951 e. The first-order valence-corrected chi connectivity index (χ1v) is 5.70. The highest BCUT2D eigenvalue weighted by atomic mass is 16.3. The standard InChI is InChI=1S/C11H19N3O/c1-2-9(7-15)13-6-11-5-12-8-14(11)10-3-4-10/h5,8-10,13,15H,2-4,6-7H2,1H3/t9-/m1/s1. The van der Waals surface area contributed by atoms with Crippen LogP contribution in [0.25, 0.3) is 0 Å². The molecule has 0 spiro atoms. The molecule has 1 aromatic heterocycles. The van der Waals surface area contributed by atoms with Crippen molar-refractivity contribution in [2.45, 2.75) is 44.8 Å². The third-order valence-electron chi connectivity index (χ3n) is 2.97. The number of nitrogens with one attached hydrogen (secondary N) is 1. The Morgan fingerprint density at radius 3 is 3.07 bits per heavy atom. The monoisotopic (exact) mass is 209 g/mol. The van der Waals surface area contributed by atoms with E-state index >= 15 is 0 Å². The number of imidazole rings is 1. The normalized spacial score (nSPS) is 18.0. The zero-order chi connectivity index (χ0) is 10.7. The van der Waals surface area contributed by atoms with Crippen molar-refractivity contribution >= 4 is 0 Å². The average Bonchev–Trinajstić information content (AvgIpc) is 3.00. The zero-order valence-corrected chi connectivity index (χ0v) is 9.19. The van der Waals surface area contributed by atoms with Gasteiger partial charge in [0.2, 0.25) is 0 Å². The molecule has 1 heterocycles. The molecule has 4 heteroatoms. The van der Waals surface area contributed by atoms with Gasteiger partial charge in [-0.25, -0.2) is 4.98 Å². The van der Waals surface area contributed by atoms with Gasteiger partial charge in [0.15, 0.2) is 0 Å². The average molecular weight is 209 g/mol. The fourth-order valence-corrected chi connectivity index (χ4v) is 1.74. The van der Waals surface area contributed by atoms with E-state index in [1.807, 2.05) is 12.5 Å². The van der Waals surface area contributed by atoms with Gasteiger partial charge in [0.25, 0.3) is 0 Å². The van der Waals surface area contributed by atoms with Gasteiger partial charge in [0.05, 0.1) is 18.6 Å². The molecule has 4 nitrogen and oxygen atoms in total. The van der Waals surface area contributed by atoms with E-state index in [0.717, 1.165) is 13.0 Å². The minimum Gasteiger partial charge on any atom is -0.395 e. The molecule has 1 aliphatic carbocycles. The smallest absolute Gasteiger partial charge is 0.0951 e. The zero-order valence-electron chi connectivity index (χ0n) is 9.19. The van der Waals surface area contributed by atoms with E-state index in [2.05, 4.69) is 21.8 Å². The van der Waals surface area contributed by atoms with Gasteiger partial charge in [-0.2, -0.15) is 0 Å². The Morgan fingerprint density at radius 1 is 1.67 bits per heavy atom. The molecule has 0 unspecified atom stereocenters. The van der Waals surface area contributed by atoms with Crippen molar-refractivity contribution < 1.29 is 5.11 Å². The third-order valence-corrected chi connectivity index (χ3v) is 2.97. The number of aliphatic hydroxyl groups excluding tert-OH is 1. The second-order valence-corrected chi connectivity index (χ2v) is 4.19. The fourth-order valence-electron chi connectivity index (χ4n) is 1.74. The highest BCUT2D eigenvalue weighted by Gasteiger charge is 2.25. The highest BCUT2D eigenvalue weighted by molar-refractivity contribution is 5.03. The topological polar surface area (TPSA) is 50.1 Å². The van der Waals surface area contributed by atoms with Crippen molar-refractivity contribution in [3.63, 3.8) is 0 Å². The first-order chi connectivity index (χ1) is 7.35. The van der Waals surface area contributed by atoms with Crippen molar-refractivity contribution in [2.24, 2.45) is 0 Å². The number of hydrogen-bond acceptors (Lipinski definition) is 3. The molecule has 2 rings (SSSR count). The van der Waals surface area contributed by atoms with Crippen LogP contribution in [0.1, 0.15) is 37.9 Å². The van der Waals surface area contributed by atoms with Crippen molar-refractivity contribution in [1.82, 2.24) is 14.9 Å². The van der Waals surface area contributed by atoms with Crippen LogP contribution in [-0.2, 0) is 6.54 Å². The lowest BCUT2D eigenvalue weighted by molar-refractivity contribution is 0.237. The summed E-state index contributed by atoms with van der Waals surface area (Å²) < 4.78 is 2.25. The number of nitrogens with zero attached hydrogens (tertiary/aromatic N) is 2. The lowest BCUT2D eigenvalue weighted by Gasteiger charge is -2.14. The summed E-state index contributed by atoms with van der Waals surface area (Å²) in [5.74, 6) is 0. The van der Waals surface area contributed by atoms with Crippen LogP contribution in [0.2, 0.25) is 0 Å². The van der Waals surface area contributed by atoms with Gasteiger partial charge in [-0.1, -0.05) is 6.92 Å². The summed E-state index contributed by atoms with van der Waals surface area (Å²) in [6.45, 7) is 3.08. The first-order valence-electron chi connectivity index (χ1n) is 5.70. The quantitative estimate of drug-likeness (QED) is 0.737. The number of aromatic nitrogens is 2. The van der Waals surface area contributed by atoms with Crippen LogP contribution in [0.15, 0.2) is 12.5 Å². The molecule has 84 valence electrons. The van der Waals surface area contributed by atoms with Gasteiger partial charge in [0, 0.05) is 24.8 Å². The summed E-state index contributed by atoms with van der Waals surface area (Å²) in [7, 11) is 0. The molecule has 0 aromatic carbocycles. The molecule has 2 N–H and O–H groups in total. The SMILES string of the molecule is CC[C@H](CO)NCc1cncn1C1CC1. The molecule has 15 heavy (non-hydrogen) atoms. The summed E-state index contributed by atoms with van der Waals surface area (Å²) in [6, 6.07) is 0.881. The Kier molecular flexibility index (Phi) is 3.38. The molecular formula is C11H19N3O. The van der Waals surface area contributed by atoms with Crippen molar-refractivity contribution in [1.29, 1.82) is 0 Å². The Labute approximate surface area is 90.3 Å². The lowest BCUT2D eigenvalue weighted by atomic mass is 10.2. The Bertz CT molecular complexity index is 303. The van der Waals surface area contributed by atoms with Crippen molar-refractivity contribution in [3.05, 3.63) is 18.2 Å². The van der Waals surface area contributed by atoms with Crippen molar-refractivity contribution in [3.8, 4) is 0 Å². The number of aliphatic hydroxyl groups is 1. The lowest BCUT2D eigenvalue weighted by Crippen LogP contribution is -2.31. The summed E-state index contributed by atoms with van der Waals surface area (Å²) in [6.07, 6.45) is 7.33. The molecule has 1 atom stereocenters. The second-order valence-electron chi connectivity index (χ2n) is 4.19. The molecule has 1 fully saturated rings. The Morgan fingerprint density at radius 2 is 2.47 bits per heavy atom. The first kappa shape index (κ1) is 10.6. The van der Waals surface area contributed by atoms with Crippen LogP contribution in [0.3, 0.4) is 0 Å². The summed E-state index contributed by atoms with van der Waals surface area (Å²) in [5.41, 5.74) is 1.23. The van der Waals surface area contributed by atoms with E-state index in [-0.39, 0.29) is 12.6 Å². The highest BCUT2D eigenvalue weighted by Crippen LogP contribution is 2.35. The summed E-state index contributed by atoms with van der Waals surface area (Å²) in [4.78, 5) is 4.17. The van der Waals surface area contributed by atoms with Crippen LogP contribution < -0.4 is 5.32 Å². The summed E-state index contributed by atoms with van der Waals surface area (Å²) in [5, 5.41) is 12.4. The second kappa shape index (κ2) is 4.77. The van der Waals surface area contributed by atoms with E-state index < -0.39 is 0 Å². The van der Waals surface area contributed by atoms with Gasteiger partial charge in [-0.15, -0.1) is 0 Å². The number of hydrogen-bond donors (Lipinski definition) is 2. The summed E-state index contributed by atoms with van der Waals surface area (Å²) >= 11 is 0. The van der Waals surface area contributed by atoms with E-state index in [9.17, 15) is 0 Å². The minimum atomic E-state index is 0.201. The minimum absolute atomic E-state index is 0.201. The van der Waals surface area contributed by atoms with Crippen LogP contribution in [0, 0.1) is 0 Å². The maximum atomic E-state index is 9.06. The van der Waals surface area contributed by atoms with Gasteiger partial charge in [-0.3, -0.25) is 0 Å². The predicted octanol–water partition coefficient (Wildman–Crippen LogP) is 1.08. The van der Waals surface area contributed by atoms with Crippen LogP contribution in [-0.4, -0.2) is 27.3 Å². The molecule has 0 aliphatic heterocycles. The molecule has 1 saturated carbocycles. The van der Waals surface area contributed by atoms with E-state index in [1.54, 1.807) is 0 Å². The Balaban J connectivity index is 1.89. The number of rotatable bonds is 6. The van der Waals surface area contributed by atoms with Gasteiger partial charge in [-0.05, 0) is 19.3 Å². The molecular weight excluding hydrogens is 190 g/mol. The molecule has 1 aromatic rings. The largest absolute Gasteiger partial charge is 0.395 e. The van der Waals surface area contributed by atoms with Crippen molar-refractivity contribution in [2.75, 3.05) is 6.61 Å². The molecule has 1 aliphatic rings. The van der Waals surface area contributed by atoms with E-state index in [0.29, 0.717) is 6.04 Å². The molecule has 0 saturated heterocycles. The third kappa shape index (κ3) is 2.58.